The Hall–Kier alpha value is -2.60. The zero-order valence-electron chi connectivity index (χ0n) is 14.9. The van der Waals surface area contributed by atoms with Gasteiger partial charge in [-0.15, -0.1) is 0 Å². The summed E-state index contributed by atoms with van der Waals surface area (Å²) in [5, 5.41) is 3.82. The van der Waals surface area contributed by atoms with Crippen molar-refractivity contribution in [2.45, 2.75) is 44.2 Å². The molecule has 4 rings (SSSR count). The second kappa shape index (κ2) is 7.56. The zero-order chi connectivity index (χ0) is 18.8. The lowest BCUT2D eigenvalue weighted by Gasteiger charge is -2.33. The maximum atomic E-state index is 11.8. The third-order valence-electron chi connectivity index (χ3n) is 5.07. The van der Waals surface area contributed by atoms with E-state index in [1.54, 1.807) is 11.1 Å². The van der Waals surface area contributed by atoms with Gasteiger partial charge in [0.25, 0.3) is 5.91 Å². The number of nitrogens with zero attached hydrogens (tertiary/aromatic N) is 3. The van der Waals surface area contributed by atoms with Crippen LogP contribution in [0.25, 0.3) is 0 Å². The van der Waals surface area contributed by atoms with Crippen LogP contribution < -0.4 is 11.1 Å². The fraction of sp³-hybridized carbons (Fsp3) is 0.350. The first kappa shape index (κ1) is 17.8. The van der Waals surface area contributed by atoms with E-state index >= 15 is 0 Å². The minimum absolute atomic E-state index is 0.168. The molecule has 2 aliphatic heterocycles. The van der Waals surface area contributed by atoms with Gasteiger partial charge < -0.3 is 11.1 Å². The maximum absolute atomic E-state index is 11.8. The average molecular weight is 384 g/mol. The summed E-state index contributed by atoms with van der Waals surface area (Å²) in [6.07, 6.45) is 11.2. The van der Waals surface area contributed by atoms with Crippen molar-refractivity contribution in [3.05, 3.63) is 59.0 Å². The highest BCUT2D eigenvalue weighted by atomic mass is 35.5. The monoisotopic (exact) mass is 383 g/mol. The number of benzene rings is 1. The molecular weight excluding hydrogens is 362 g/mol. The third-order valence-corrected chi connectivity index (χ3v) is 5.33. The van der Waals surface area contributed by atoms with Crippen LogP contribution in [-0.2, 0) is 4.79 Å². The summed E-state index contributed by atoms with van der Waals surface area (Å²) < 4.78 is 0. The summed E-state index contributed by atoms with van der Waals surface area (Å²) in [6, 6.07) is 7.73. The normalized spacial score (nSPS) is 24.1. The third kappa shape index (κ3) is 3.76. The van der Waals surface area contributed by atoms with Crippen LogP contribution in [0.5, 0.6) is 0 Å². The second-order valence-corrected chi connectivity index (χ2v) is 7.40. The number of amides is 1. The summed E-state index contributed by atoms with van der Waals surface area (Å²) in [7, 11) is 0. The summed E-state index contributed by atoms with van der Waals surface area (Å²) in [6.45, 7) is 0. The van der Waals surface area contributed by atoms with E-state index < -0.39 is 5.91 Å². The van der Waals surface area contributed by atoms with Gasteiger partial charge in [-0.2, -0.15) is 0 Å². The zero-order valence-corrected chi connectivity index (χ0v) is 15.7. The molecule has 1 amide bonds. The van der Waals surface area contributed by atoms with Crippen LogP contribution in [0, 0.1) is 0 Å². The number of carbonyl (C=O) groups excluding carboxylic acids is 1. The van der Waals surface area contributed by atoms with Crippen molar-refractivity contribution in [2.75, 3.05) is 0 Å². The number of nitrogens with two attached hydrogens (primary N) is 1. The fourth-order valence-electron chi connectivity index (χ4n) is 3.64. The van der Waals surface area contributed by atoms with Gasteiger partial charge in [0.1, 0.15) is 5.70 Å². The Morgan fingerprint density at radius 1 is 1.22 bits per heavy atom. The first-order valence-electron chi connectivity index (χ1n) is 9.27. The number of hydrogen-bond donors (Lipinski definition) is 2. The molecule has 1 saturated carbocycles. The minimum Gasteiger partial charge on any atom is -0.364 e. The molecule has 0 spiro atoms. The van der Waals surface area contributed by atoms with Crippen LogP contribution in [0.2, 0.25) is 5.02 Å². The quantitative estimate of drug-likeness (QED) is 0.840. The number of amidine groups is 2. The lowest BCUT2D eigenvalue weighted by atomic mass is 9.96. The van der Waals surface area contributed by atoms with Gasteiger partial charge in [0, 0.05) is 17.4 Å². The lowest BCUT2D eigenvalue weighted by Crippen LogP contribution is -2.48. The number of primary amides is 1. The molecule has 0 aromatic heterocycles. The summed E-state index contributed by atoms with van der Waals surface area (Å²) in [5.74, 6) is 0.802. The van der Waals surface area contributed by atoms with Crippen LogP contribution in [-0.4, -0.2) is 28.5 Å². The van der Waals surface area contributed by atoms with E-state index in [1.807, 2.05) is 36.5 Å². The fourth-order valence-corrected chi connectivity index (χ4v) is 3.76. The SMILES string of the molecule is NC(=O)C1=CNC(=NC2CCCCC2)C2=NC(c3ccc(Cl)cc3)C=CN12. The standard InChI is InChI=1S/C20H22ClN5O/c21-14-8-6-13(7-9-14)16-10-11-26-17(18(22)27)12-23-19(20(26)25-16)24-15-4-2-1-3-5-15/h6-12,15-16H,1-5H2,(H2,22,27)(H,23,24). The first-order valence-corrected chi connectivity index (χ1v) is 9.65. The van der Waals surface area contributed by atoms with Gasteiger partial charge in [-0.05, 0) is 36.6 Å². The largest absolute Gasteiger partial charge is 0.364 e. The molecule has 1 aliphatic carbocycles. The minimum atomic E-state index is -0.512. The lowest BCUT2D eigenvalue weighted by molar-refractivity contribution is -0.115. The first-order chi connectivity index (χ1) is 13.1. The highest BCUT2D eigenvalue weighted by molar-refractivity contribution is 6.42. The maximum Gasteiger partial charge on any atom is 0.267 e. The van der Waals surface area contributed by atoms with Crippen molar-refractivity contribution < 1.29 is 4.79 Å². The molecule has 0 bridgehead atoms. The number of hydrogen-bond acceptors (Lipinski definition) is 4. The summed E-state index contributed by atoms with van der Waals surface area (Å²) in [5.41, 5.74) is 6.91. The molecule has 1 unspecified atom stereocenters. The Morgan fingerprint density at radius 3 is 2.67 bits per heavy atom. The van der Waals surface area contributed by atoms with Crippen molar-refractivity contribution >= 4 is 29.2 Å². The Labute approximate surface area is 163 Å². The van der Waals surface area contributed by atoms with Crippen LogP contribution in [0.4, 0.5) is 0 Å². The summed E-state index contributed by atoms with van der Waals surface area (Å²) in [4.78, 5) is 23.3. The molecule has 1 fully saturated rings. The molecule has 0 radical (unpaired) electrons. The van der Waals surface area contributed by atoms with E-state index in [0.717, 1.165) is 18.4 Å². The number of aliphatic imine (C=N–C) groups is 2. The number of carbonyl (C=O) groups is 1. The van der Waals surface area contributed by atoms with E-state index in [0.29, 0.717) is 22.4 Å². The van der Waals surface area contributed by atoms with Crippen molar-refractivity contribution in [2.24, 2.45) is 15.7 Å². The van der Waals surface area contributed by atoms with Gasteiger partial charge >= 0.3 is 0 Å². The average Bonchev–Trinajstić information content (AvgIpc) is 2.69. The van der Waals surface area contributed by atoms with Crippen LogP contribution >= 0.6 is 11.6 Å². The molecule has 7 heteroatoms. The molecule has 6 nitrogen and oxygen atoms in total. The molecule has 0 saturated heterocycles. The molecule has 140 valence electrons. The van der Waals surface area contributed by atoms with Crippen LogP contribution in [0.3, 0.4) is 0 Å². The Morgan fingerprint density at radius 2 is 1.96 bits per heavy atom. The molecule has 3 N–H and O–H groups in total. The van der Waals surface area contributed by atoms with Gasteiger partial charge in [0.2, 0.25) is 0 Å². The van der Waals surface area contributed by atoms with Gasteiger partial charge in [0.05, 0.1) is 12.1 Å². The second-order valence-electron chi connectivity index (χ2n) is 6.97. The molecule has 1 aromatic carbocycles. The van der Waals surface area contributed by atoms with Crippen molar-refractivity contribution in [1.82, 2.24) is 10.2 Å². The number of halogens is 1. The molecule has 27 heavy (non-hydrogen) atoms. The van der Waals surface area contributed by atoms with E-state index in [2.05, 4.69) is 5.32 Å². The van der Waals surface area contributed by atoms with Gasteiger partial charge in [-0.3, -0.25) is 19.7 Å². The van der Waals surface area contributed by atoms with Crippen molar-refractivity contribution in [3.63, 3.8) is 0 Å². The van der Waals surface area contributed by atoms with Crippen LogP contribution in [0.15, 0.2) is 58.4 Å². The smallest absolute Gasteiger partial charge is 0.267 e. The summed E-state index contributed by atoms with van der Waals surface area (Å²) >= 11 is 6.00. The molecule has 1 atom stereocenters. The predicted molar refractivity (Wildman–Crippen MR) is 107 cm³/mol. The number of nitrogens with one attached hydrogen (secondary N) is 1. The van der Waals surface area contributed by atoms with Crippen molar-refractivity contribution in [3.8, 4) is 0 Å². The molecule has 2 heterocycles. The van der Waals surface area contributed by atoms with Crippen LogP contribution in [0.1, 0.15) is 43.7 Å². The number of rotatable bonds is 3. The Balaban J connectivity index is 1.69. The van der Waals surface area contributed by atoms with E-state index in [1.165, 1.54) is 19.3 Å². The van der Waals surface area contributed by atoms with Crippen molar-refractivity contribution in [1.29, 1.82) is 0 Å². The van der Waals surface area contributed by atoms with E-state index in [-0.39, 0.29) is 12.1 Å². The molecule has 3 aliphatic rings. The highest BCUT2D eigenvalue weighted by Gasteiger charge is 2.31. The van der Waals surface area contributed by atoms with Gasteiger partial charge in [0.15, 0.2) is 11.7 Å². The topological polar surface area (TPSA) is 83.1 Å². The Bertz CT molecular complexity index is 850. The van der Waals surface area contributed by atoms with Gasteiger partial charge in [-0.1, -0.05) is 43.0 Å². The highest BCUT2D eigenvalue weighted by Crippen LogP contribution is 2.28. The van der Waals surface area contributed by atoms with E-state index in [4.69, 9.17) is 27.3 Å². The Kier molecular flexibility index (Phi) is 4.99. The predicted octanol–water partition coefficient (Wildman–Crippen LogP) is 3.27. The molecular formula is C20H22ClN5O. The van der Waals surface area contributed by atoms with E-state index in [9.17, 15) is 4.79 Å². The number of fused-ring (bicyclic) bond motifs is 1. The molecule has 1 aromatic rings. The van der Waals surface area contributed by atoms with Gasteiger partial charge in [-0.25, -0.2) is 0 Å².